The van der Waals surface area contributed by atoms with Gasteiger partial charge in [0.2, 0.25) is 5.88 Å². The molecule has 0 unspecified atom stereocenters. The largest absolute Gasteiger partial charge is 0.507 e. The molecule has 0 amide bonds. The van der Waals surface area contributed by atoms with Crippen molar-refractivity contribution < 1.29 is 10.2 Å². The van der Waals surface area contributed by atoms with Crippen molar-refractivity contribution in [2.45, 2.75) is 0 Å². The number of phenolic OH excluding ortho intramolecular Hbond substituents is 1. The second kappa shape index (κ2) is 3.38. The molecule has 1 radical (unpaired) electrons. The number of hydrogen-bond acceptors (Lipinski definition) is 3. The molecule has 1 aromatic carbocycles. The Morgan fingerprint density at radius 3 is 2.79 bits per heavy atom. The lowest BCUT2D eigenvalue weighted by Crippen LogP contribution is -1.80. The van der Waals surface area contributed by atoms with Gasteiger partial charge in [0.05, 0.1) is 0 Å². The Bertz CT molecular complexity index is 455. The Morgan fingerprint density at radius 1 is 1.21 bits per heavy atom. The van der Waals surface area contributed by atoms with Crippen molar-refractivity contribution in [1.82, 2.24) is 4.98 Å². The molecule has 3 heteroatoms. The lowest BCUT2D eigenvalue weighted by Gasteiger charge is -2.03. The van der Waals surface area contributed by atoms with Gasteiger partial charge in [-0.1, -0.05) is 12.1 Å². The highest BCUT2D eigenvalue weighted by molar-refractivity contribution is 5.70. The SMILES string of the molecule is Oc1cc(-c2cc[c]cc2O)ccn1. The van der Waals surface area contributed by atoms with Crippen LogP contribution < -0.4 is 0 Å². The molecule has 0 atom stereocenters. The molecular weight excluding hydrogens is 178 g/mol. The Labute approximate surface area is 81.3 Å². The summed E-state index contributed by atoms with van der Waals surface area (Å²) in [6.07, 6.45) is 1.49. The van der Waals surface area contributed by atoms with E-state index in [2.05, 4.69) is 11.1 Å². The minimum atomic E-state index is -0.0604. The summed E-state index contributed by atoms with van der Waals surface area (Å²) in [6.45, 7) is 0. The monoisotopic (exact) mass is 186 g/mol. The molecule has 14 heavy (non-hydrogen) atoms. The summed E-state index contributed by atoms with van der Waals surface area (Å²) >= 11 is 0. The summed E-state index contributed by atoms with van der Waals surface area (Å²) in [4.78, 5) is 3.66. The third kappa shape index (κ3) is 1.52. The fraction of sp³-hybridized carbons (Fsp3) is 0. The van der Waals surface area contributed by atoms with Crippen LogP contribution in [-0.4, -0.2) is 15.2 Å². The quantitative estimate of drug-likeness (QED) is 0.715. The van der Waals surface area contributed by atoms with E-state index in [1.807, 2.05) is 0 Å². The second-order valence-electron chi connectivity index (χ2n) is 2.85. The van der Waals surface area contributed by atoms with Gasteiger partial charge in [-0.15, -0.1) is 0 Å². The molecule has 1 heterocycles. The van der Waals surface area contributed by atoms with E-state index in [1.54, 1.807) is 18.2 Å². The third-order valence-corrected chi connectivity index (χ3v) is 1.90. The van der Waals surface area contributed by atoms with Gasteiger partial charge in [-0.25, -0.2) is 4.98 Å². The molecule has 1 aromatic heterocycles. The molecule has 0 spiro atoms. The van der Waals surface area contributed by atoms with E-state index in [4.69, 9.17) is 5.11 Å². The minimum Gasteiger partial charge on any atom is -0.507 e. The summed E-state index contributed by atoms with van der Waals surface area (Å²) in [7, 11) is 0. The minimum absolute atomic E-state index is 0.0604. The van der Waals surface area contributed by atoms with Crippen LogP contribution in [0.15, 0.2) is 36.5 Å². The van der Waals surface area contributed by atoms with Crippen LogP contribution in [0.5, 0.6) is 11.6 Å². The first-order chi connectivity index (χ1) is 6.77. The number of benzene rings is 1. The van der Waals surface area contributed by atoms with E-state index in [0.29, 0.717) is 5.56 Å². The number of rotatable bonds is 1. The number of nitrogens with zero attached hydrogens (tertiary/aromatic N) is 1. The van der Waals surface area contributed by atoms with Crippen molar-refractivity contribution >= 4 is 0 Å². The molecule has 3 nitrogen and oxygen atoms in total. The van der Waals surface area contributed by atoms with Crippen molar-refractivity contribution in [2.24, 2.45) is 0 Å². The van der Waals surface area contributed by atoms with Gasteiger partial charge in [0.15, 0.2) is 0 Å². The van der Waals surface area contributed by atoms with Crippen LogP contribution in [0.1, 0.15) is 0 Å². The standard InChI is InChI=1S/C11H8NO2/c13-10-4-2-1-3-9(10)8-5-6-12-11(14)7-8/h1,3-7,13H,(H,12,14). The highest BCUT2D eigenvalue weighted by Gasteiger charge is 2.03. The van der Waals surface area contributed by atoms with E-state index < -0.39 is 0 Å². The Morgan fingerprint density at radius 2 is 2.07 bits per heavy atom. The maximum Gasteiger partial charge on any atom is 0.211 e. The maximum absolute atomic E-state index is 9.52. The molecule has 0 aliphatic heterocycles. The summed E-state index contributed by atoms with van der Waals surface area (Å²) in [5.74, 6) is 0.0767. The van der Waals surface area contributed by atoms with Gasteiger partial charge in [-0.2, -0.15) is 0 Å². The molecule has 0 saturated carbocycles. The molecule has 2 aromatic rings. The molecule has 0 fully saturated rings. The highest BCUT2D eigenvalue weighted by Crippen LogP contribution is 2.29. The normalized spacial score (nSPS) is 10.0. The molecule has 69 valence electrons. The zero-order chi connectivity index (χ0) is 9.97. The van der Waals surface area contributed by atoms with Gasteiger partial charge in [0.1, 0.15) is 5.75 Å². The highest BCUT2D eigenvalue weighted by atomic mass is 16.3. The fourth-order valence-corrected chi connectivity index (χ4v) is 1.25. The van der Waals surface area contributed by atoms with E-state index in [-0.39, 0.29) is 11.6 Å². The van der Waals surface area contributed by atoms with E-state index in [9.17, 15) is 5.11 Å². The van der Waals surface area contributed by atoms with Gasteiger partial charge in [0, 0.05) is 17.8 Å². The van der Waals surface area contributed by atoms with Gasteiger partial charge in [0.25, 0.3) is 0 Å². The van der Waals surface area contributed by atoms with Crippen LogP contribution in [-0.2, 0) is 0 Å². The lowest BCUT2D eigenvalue weighted by atomic mass is 10.1. The second-order valence-corrected chi connectivity index (χ2v) is 2.85. The number of pyridine rings is 1. The zero-order valence-electron chi connectivity index (χ0n) is 7.31. The van der Waals surface area contributed by atoms with E-state index in [0.717, 1.165) is 5.56 Å². The Hall–Kier alpha value is -2.03. The number of phenols is 1. The summed E-state index contributed by atoms with van der Waals surface area (Å²) in [6, 6.07) is 10.9. The molecule has 0 aliphatic rings. The van der Waals surface area contributed by atoms with Crippen LogP contribution in [0.3, 0.4) is 0 Å². The number of aromatic hydroxyl groups is 2. The summed E-state index contributed by atoms with van der Waals surface area (Å²) < 4.78 is 0. The molecule has 0 aliphatic carbocycles. The summed E-state index contributed by atoms with van der Waals surface area (Å²) in [5.41, 5.74) is 1.38. The van der Waals surface area contributed by atoms with Crippen LogP contribution in [0.4, 0.5) is 0 Å². The Kier molecular flexibility index (Phi) is 2.07. The first-order valence-corrected chi connectivity index (χ1v) is 4.12. The number of hydrogen-bond donors (Lipinski definition) is 2. The van der Waals surface area contributed by atoms with Crippen molar-refractivity contribution in [3.05, 3.63) is 42.6 Å². The maximum atomic E-state index is 9.52. The van der Waals surface area contributed by atoms with Crippen molar-refractivity contribution in [3.63, 3.8) is 0 Å². The zero-order valence-corrected chi connectivity index (χ0v) is 7.31. The Balaban J connectivity index is 2.55. The van der Waals surface area contributed by atoms with Gasteiger partial charge < -0.3 is 10.2 Å². The van der Waals surface area contributed by atoms with Crippen LogP contribution in [0, 0.1) is 6.07 Å². The molecule has 2 N–H and O–H groups in total. The van der Waals surface area contributed by atoms with Crippen molar-refractivity contribution in [1.29, 1.82) is 0 Å². The molecule has 0 bridgehead atoms. The van der Waals surface area contributed by atoms with Gasteiger partial charge in [-0.05, 0) is 23.8 Å². The first-order valence-electron chi connectivity index (χ1n) is 4.12. The smallest absolute Gasteiger partial charge is 0.211 e. The number of aromatic nitrogens is 1. The molecular formula is C11H8NO2. The average Bonchev–Trinajstić information content (AvgIpc) is 2.18. The van der Waals surface area contributed by atoms with Crippen LogP contribution in [0.2, 0.25) is 0 Å². The van der Waals surface area contributed by atoms with Crippen molar-refractivity contribution in [3.8, 4) is 22.8 Å². The van der Waals surface area contributed by atoms with Gasteiger partial charge >= 0.3 is 0 Å². The summed E-state index contributed by atoms with van der Waals surface area (Å²) in [5, 5.41) is 18.7. The predicted molar refractivity (Wildman–Crippen MR) is 51.8 cm³/mol. The first kappa shape index (κ1) is 8.56. The van der Waals surface area contributed by atoms with Crippen LogP contribution in [0.25, 0.3) is 11.1 Å². The average molecular weight is 186 g/mol. The topological polar surface area (TPSA) is 53.4 Å². The third-order valence-electron chi connectivity index (χ3n) is 1.90. The predicted octanol–water partition coefficient (Wildman–Crippen LogP) is 1.96. The molecule has 2 rings (SSSR count). The van der Waals surface area contributed by atoms with Crippen LogP contribution >= 0.6 is 0 Å². The van der Waals surface area contributed by atoms with Gasteiger partial charge in [-0.3, -0.25) is 0 Å². The lowest BCUT2D eigenvalue weighted by molar-refractivity contribution is 0.453. The van der Waals surface area contributed by atoms with Crippen molar-refractivity contribution in [2.75, 3.05) is 0 Å². The fourth-order valence-electron chi connectivity index (χ4n) is 1.25. The van der Waals surface area contributed by atoms with E-state index >= 15 is 0 Å². The molecule has 0 saturated heterocycles. The van der Waals surface area contributed by atoms with E-state index in [1.165, 1.54) is 18.3 Å².